The predicted molar refractivity (Wildman–Crippen MR) is 20.4 cm³/mol. The van der Waals surface area contributed by atoms with E-state index >= 15 is 0 Å². The van der Waals surface area contributed by atoms with E-state index in [0.717, 1.165) is 0 Å². The molecule has 1 rings (SSSR count). The zero-order chi connectivity index (χ0) is 4.41. The molecular weight excluding hydrogens is 292 g/mol. The number of hydrogen-bond acceptors (Lipinski definition) is 0. The molecule has 0 unspecified atom stereocenters. The molecule has 48 valence electrons. The Hall–Kier alpha value is -0.211. The van der Waals surface area contributed by atoms with Crippen molar-refractivity contribution in [2.24, 2.45) is 0 Å². The number of hydrogen-bond donors (Lipinski definition) is 1. The molecule has 0 aromatic carbocycles. The van der Waals surface area contributed by atoms with Crippen molar-refractivity contribution >= 4 is 4.21 Å². The van der Waals surface area contributed by atoms with Gasteiger partial charge in [-0.3, -0.25) is 0 Å². The van der Waals surface area contributed by atoms with E-state index in [1.807, 2.05) is 37.2 Å². The van der Waals surface area contributed by atoms with Crippen molar-refractivity contribution in [1.29, 1.82) is 0 Å². The van der Waals surface area contributed by atoms with Crippen LogP contribution in [0.25, 0.3) is 0 Å². The average Bonchev–Trinajstić information content (AvgIpc) is 1.86. The first-order chi connectivity index (χ1) is 2.89. The van der Waals surface area contributed by atoms with Gasteiger partial charge in [-0.05, 0) is 0 Å². The van der Waals surface area contributed by atoms with Gasteiger partial charge in [-0.15, -0.1) is 0 Å². The van der Waals surface area contributed by atoms with Crippen molar-refractivity contribution in [2.45, 2.75) is 0 Å². The summed E-state index contributed by atoms with van der Waals surface area (Å²) in [4.78, 5) is 3.00. The van der Waals surface area contributed by atoms with Gasteiger partial charge in [-0.2, -0.15) is 0 Å². The molecule has 0 atom stereocenters. The molecule has 0 radical (unpaired) electrons. The fourth-order valence-corrected chi connectivity index (χ4v) is 0.730. The second-order valence-corrected chi connectivity index (χ2v) is 2.28. The quantitative estimate of drug-likeness (QED) is 0.491. The third kappa shape index (κ3) is 2.88. The molecule has 1 aromatic heterocycles. The molecule has 0 aliphatic carbocycles. The average molecular weight is 296 g/mol. The topological polar surface area (TPSA) is 15.8 Å². The zero-order valence-corrected chi connectivity index (χ0v) is 6.22. The van der Waals surface area contributed by atoms with E-state index in [1.165, 1.54) is 4.21 Å². The normalized spacial score (nSPS) is 6.62. The van der Waals surface area contributed by atoms with Crippen LogP contribution >= 0.6 is 0 Å². The Morgan fingerprint density at radius 1 is 1.38 bits per heavy atom. The van der Waals surface area contributed by atoms with E-state index in [4.69, 9.17) is 0 Å². The van der Waals surface area contributed by atoms with E-state index < -0.39 is 0 Å². The summed E-state index contributed by atoms with van der Waals surface area (Å²) in [6.07, 6.45) is 1.91. The van der Waals surface area contributed by atoms with Gasteiger partial charge in [-0.25, -0.2) is 0 Å². The van der Waals surface area contributed by atoms with Crippen LogP contribution in [0.15, 0.2) is 18.3 Å². The summed E-state index contributed by atoms with van der Waals surface area (Å²) in [5, 5.41) is 0. The summed E-state index contributed by atoms with van der Waals surface area (Å²) in [6.45, 7) is 0. The van der Waals surface area contributed by atoms with Gasteiger partial charge in [-0.1, -0.05) is 0 Å². The standard InChI is InChI=1S/C4H4N.2FH.Ir/c1-2-4-5-3-1;;;/h1-3,5H;2*1H;/q;;;+2/p-2. The maximum absolute atomic E-state index is 3.00. The molecule has 0 aliphatic heterocycles. The minimum atomic E-state index is 0. The number of halogens is 2. The van der Waals surface area contributed by atoms with E-state index in [-0.39, 0.29) is 9.41 Å². The van der Waals surface area contributed by atoms with Crippen LogP contribution < -0.4 is 13.6 Å². The number of nitrogens with one attached hydrogen (secondary N) is 1. The van der Waals surface area contributed by atoms with Crippen LogP contribution in [0.5, 0.6) is 0 Å². The van der Waals surface area contributed by atoms with E-state index in [0.29, 0.717) is 0 Å². The van der Waals surface area contributed by atoms with Crippen LogP contribution in [0, 0.1) is 0 Å². The Morgan fingerprint density at radius 3 is 2.12 bits per heavy atom. The van der Waals surface area contributed by atoms with Crippen LogP contribution in [0.3, 0.4) is 0 Å². The van der Waals surface area contributed by atoms with Crippen LogP contribution in [0.4, 0.5) is 0 Å². The summed E-state index contributed by atoms with van der Waals surface area (Å²) >= 11 is 2.03. The molecule has 0 spiro atoms. The summed E-state index contributed by atoms with van der Waals surface area (Å²) < 4.78 is 1.22. The maximum atomic E-state index is 3.00. The van der Waals surface area contributed by atoms with Crippen molar-refractivity contribution in [3.05, 3.63) is 18.3 Å². The van der Waals surface area contributed by atoms with Crippen molar-refractivity contribution < 1.29 is 28.3 Å². The first-order valence-electron chi connectivity index (χ1n) is 1.66. The summed E-state index contributed by atoms with van der Waals surface area (Å²) in [6, 6.07) is 4.01. The van der Waals surface area contributed by atoms with Gasteiger partial charge < -0.3 is 9.41 Å². The van der Waals surface area contributed by atoms with Gasteiger partial charge in [0, 0.05) is 0 Å². The van der Waals surface area contributed by atoms with Crippen molar-refractivity contribution in [2.75, 3.05) is 0 Å². The number of aromatic nitrogens is 1. The van der Waals surface area contributed by atoms with Gasteiger partial charge in [0.2, 0.25) is 0 Å². The Kier molecular flexibility index (Phi) is 6.61. The molecule has 0 saturated heterocycles. The van der Waals surface area contributed by atoms with Crippen molar-refractivity contribution in [3.63, 3.8) is 0 Å². The Labute approximate surface area is 56.4 Å². The van der Waals surface area contributed by atoms with Crippen LogP contribution in [-0.4, -0.2) is 4.98 Å². The molecule has 1 aromatic rings. The molecule has 1 N–H and O–H groups in total. The molecule has 0 saturated carbocycles. The molecule has 0 bridgehead atoms. The van der Waals surface area contributed by atoms with Gasteiger partial charge in [0.15, 0.2) is 0 Å². The van der Waals surface area contributed by atoms with Gasteiger partial charge >= 0.3 is 46.4 Å². The van der Waals surface area contributed by atoms with E-state index in [9.17, 15) is 0 Å². The third-order valence-corrected chi connectivity index (χ3v) is 1.29. The molecular formula is C4H4F2IrN. The van der Waals surface area contributed by atoms with Crippen molar-refractivity contribution in [1.82, 2.24) is 4.98 Å². The molecule has 0 fully saturated rings. The molecule has 1 heterocycles. The van der Waals surface area contributed by atoms with Crippen LogP contribution in [0.2, 0.25) is 0 Å². The SMILES string of the molecule is [F-].[F-].[Ir+2][c]1ccc[nH]1. The van der Waals surface area contributed by atoms with E-state index in [2.05, 4.69) is 4.98 Å². The monoisotopic (exact) mass is 297 g/mol. The van der Waals surface area contributed by atoms with E-state index in [1.54, 1.807) is 0 Å². The zero-order valence-electron chi connectivity index (χ0n) is 3.82. The van der Waals surface area contributed by atoms with Gasteiger partial charge in [0.25, 0.3) is 0 Å². The van der Waals surface area contributed by atoms with Gasteiger partial charge in [0.1, 0.15) is 0 Å². The predicted octanol–water partition coefficient (Wildman–Crippen LogP) is -5.81. The number of rotatable bonds is 0. The van der Waals surface area contributed by atoms with Crippen molar-refractivity contribution in [3.8, 4) is 0 Å². The third-order valence-electron chi connectivity index (χ3n) is 0.546. The first-order valence-corrected chi connectivity index (χ1v) is 2.86. The Balaban J connectivity index is 0. The molecule has 0 amide bonds. The van der Waals surface area contributed by atoms with Crippen LogP contribution in [0.1, 0.15) is 0 Å². The fraction of sp³-hybridized carbons (Fsp3) is 0. The molecule has 8 heavy (non-hydrogen) atoms. The second-order valence-electron chi connectivity index (χ2n) is 0.994. The summed E-state index contributed by atoms with van der Waals surface area (Å²) in [5.74, 6) is 0. The fourth-order valence-electron chi connectivity index (χ4n) is 0.300. The summed E-state index contributed by atoms with van der Waals surface area (Å²) in [7, 11) is 0. The van der Waals surface area contributed by atoms with Gasteiger partial charge in [0.05, 0.1) is 0 Å². The number of aromatic amines is 1. The Morgan fingerprint density at radius 2 is 2.00 bits per heavy atom. The Bertz CT molecular complexity index is 118. The number of H-pyrrole nitrogens is 1. The molecule has 1 nitrogen and oxygen atoms in total. The minimum absolute atomic E-state index is 0. The summed E-state index contributed by atoms with van der Waals surface area (Å²) in [5.41, 5.74) is 0. The molecule has 4 heteroatoms. The first kappa shape index (κ1) is 10.7. The van der Waals surface area contributed by atoms with Crippen LogP contribution in [-0.2, 0) is 18.9 Å². The molecule has 0 aliphatic rings. The second kappa shape index (κ2) is 4.94.